The average Bonchev–Trinajstić information content (AvgIpc) is 2.46. The van der Waals surface area contributed by atoms with Crippen LogP contribution in [-0.2, 0) is 9.53 Å². The quantitative estimate of drug-likeness (QED) is 0.785. The Morgan fingerprint density at radius 2 is 1.80 bits per heavy atom. The van der Waals surface area contributed by atoms with E-state index in [0.29, 0.717) is 37.6 Å². The molecule has 1 aliphatic rings. The molecule has 0 atom stereocenters. The highest BCUT2D eigenvalue weighted by atomic mass is 35.5. The highest BCUT2D eigenvalue weighted by molar-refractivity contribution is 5.96. The topological polar surface area (TPSA) is 84.7 Å². The lowest BCUT2D eigenvalue weighted by Gasteiger charge is -2.26. The zero-order valence-electron chi connectivity index (χ0n) is 11.0. The van der Waals surface area contributed by atoms with Crippen LogP contribution in [0.3, 0.4) is 0 Å². The van der Waals surface area contributed by atoms with E-state index < -0.39 is 0 Å². The summed E-state index contributed by atoms with van der Waals surface area (Å²) in [6.07, 6.45) is 0. The maximum atomic E-state index is 11.8. The Hall–Kier alpha value is -1.79. The molecule has 0 radical (unpaired) electrons. The van der Waals surface area contributed by atoms with Gasteiger partial charge in [0.25, 0.3) is 5.91 Å². The number of carbonyl (C=O) groups is 2. The maximum Gasteiger partial charge on any atom is 0.251 e. The van der Waals surface area contributed by atoms with Crippen LogP contribution in [0.2, 0.25) is 0 Å². The second-order valence-electron chi connectivity index (χ2n) is 4.30. The van der Waals surface area contributed by atoms with E-state index in [0.717, 1.165) is 0 Å². The number of nitrogens with one attached hydrogen (secondary N) is 1. The predicted molar refractivity (Wildman–Crippen MR) is 77.8 cm³/mol. The number of amides is 2. The molecule has 1 aromatic carbocycles. The van der Waals surface area contributed by atoms with Gasteiger partial charge in [-0.25, -0.2) is 0 Å². The fourth-order valence-electron chi connectivity index (χ4n) is 1.82. The Balaban J connectivity index is 0.00000200. The fraction of sp³-hybridized carbons (Fsp3) is 0.385. The highest BCUT2D eigenvalue weighted by Crippen LogP contribution is 2.05. The van der Waals surface area contributed by atoms with Gasteiger partial charge in [-0.15, -0.1) is 12.4 Å². The lowest BCUT2D eigenvalue weighted by Crippen LogP contribution is -2.45. The Kier molecular flexibility index (Phi) is 6.27. The monoisotopic (exact) mass is 299 g/mol. The molecular weight excluding hydrogens is 282 g/mol. The number of carbonyl (C=O) groups excluding carboxylic acids is 2. The second kappa shape index (κ2) is 7.72. The van der Waals surface area contributed by atoms with Crippen LogP contribution in [0.5, 0.6) is 0 Å². The number of ether oxygens (including phenoxy) is 1. The summed E-state index contributed by atoms with van der Waals surface area (Å²) in [4.78, 5) is 25.3. The van der Waals surface area contributed by atoms with Gasteiger partial charge >= 0.3 is 0 Å². The summed E-state index contributed by atoms with van der Waals surface area (Å²) in [5, 5.41) is 2.60. The number of nitrogens with zero attached hydrogens (tertiary/aromatic N) is 1. The Morgan fingerprint density at radius 3 is 2.40 bits per heavy atom. The van der Waals surface area contributed by atoms with E-state index >= 15 is 0 Å². The van der Waals surface area contributed by atoms with Gasteiger partial charge in [-0.2, -0.15) is 0 Å². The zero-order valence-corrected chi connectivity index (χ0v) is 11.8. The van der Waals surface area contributed by atoms with Crippen molar-refractivity contribution in [2.45, 2.75) is 0 Å². The van der Waals surface area contributed by atoms with Crippen molar-refractivity contribution in [1.82, 2.24) is 10.2 Å². The summed E-state index contributed by atoms with van der Waals surface area (Å²) < 4.78 is 5.16. The second-order valence-corrected chi connectivity index (χ2v) is 4.30. The van der Waals surface area contributed by atoms with Gasteiger partial charge < -0.3 is 20.7 Å². The lowest BCUT2D eigenvalue weighted by atomic mass is 10.2. The molecule has 0 aromatic heterocycles. The van der Waals surface area contributed by atoms with Crippen LogP contribution >= 0.6 is 12.4 Å². The Bertz CT molecular complexity index is 458. The molecule has 1 aliphatic heterocycles. The normalized spacial score (nSPS) is 14.3. The van der Waals surface area contributed by atoms with Crippen molar-refractivity contribution >= 4 is 29.9 Å². The summed E-state index contributed by atoms with van der Waals surface area (Å²) in [5.41, 5.74) is 6.63. The molecule has 1 fully saturated rings. The fourth-order valence-corrected chi connectivity index (χ4v) is 1.82. The first-order valence-corrected chi connectivity index (χ1v) is 6.16. The minimum atomic E-state index is -0.276. The van der Waals surface area contributed by atoms with Crippen molar-refractivity contribution in [2.75, 3.05) is 38.6 Å². The molecule has 110 valence electrons. The minimum absolute atomic E-state index is 0. The van der Waals surface area contributed by atoms with Gasteiger partial charge in [0.05, 0.1) is 19.8 Å². The number of halogens is 1. The highest BCUT2D eigenvalue weighted by Gasteiger charge is 2.17. The maximum absolute atomic E-state index is 11.8. The van der Waals surface area contributed by atoms with Crippen molar-refractivity contribution in [3.05, 3.63) is 29.8 Å². The molecule has 1 heterocycles. The standard InChI is InChI=1S/C13H17N3O3.ClH/c14-11-3-1-10(2-4-11)13(18)15-9-12(17)16-5-7-19-8-6-16;/h1-4H,5-9,14H2,(H,15,18);1H. The van der Waals surface area contributed by atoms with E-state index in [1.165, 1.54) is 0 Å². The van der Waals surface area contributed by atoms with Crippen LogP contribution < -0.4 is 11.1 Å². The van der Waals surface area contributed by atoms with Crippen LogP contribution in [0.4, 0.5) is 5.69 Å². The summed E-state index contributed by atoms with van der Waals surface area (Å²) >= 11 is 0. The molecular formula is C13H18ClN3O3. The molecule has 20 heavy (non-hydrogen) atoms. The third kappa shape index (κ3) is 4.40. The number of benzene rings is 1. The third-order valence-corrected chi connectivity index (χ3v) is 2.94. The van der Waals surface area contributed by atoms with Crippen molar-refractivity contribution in [3.8, 4) is 0 Å². The molecule has 1 aromatic rings. The summed E-state index contributed by atoms with van der Waals surface area (Å²) in [7, 11) is 0. The van der Waals surface area contributed by atoms with Crippen molar-refractivity contribution in [1.29, 1.82) is 0 Å². The van der Waals surface area contributed by atoms with Crippen LogP contribution in [-0.4, -0.2) is 49.6 Å². The van der Waals surface area contributed by atoms with Crippen molar-refractivity contribution in [3.63, 3.8) is 0 Å². The first kappa shape index (κ1) is 16.3. The average molecular weight is 300 g/mol. The molecule has 2 amide bonds. The summed E-state index contributed by atoms with van der Waals surface area (Å²) in [6.45, 7) is 2.27. The van der Waals surface area contributed by atoms with Gasteiger partial charge in [-0.3, -0.25) is 9.59 Å². The van der Waals surface area contributed by atoms with Gasteiger partial charge in [0.2, 0.25) is 5.91 Å². The van der Waals surface area contributed by atoms with Gasteiger partial charge in [0, 0.05) is 24.3 Å². The SMILES string of the molecule is Cl.Nc1ccc(C(=O)NCC(=O)N2CCOCC2)cc1. The number of nitrogens with two attached hydrogens (primary N) is 1. The third-order valence-electron chi connectivity index (χ3n) is 2.94. The molecule has 0 spiro atoms. The molecule has 3 N–H and O–H groups in total. The molecule has 0 aliphatic carbocycles. The van der Waals surface area contributed by atoms with Crippen LogP contribution in [0.1, 0.15) is 10.4 Å². The first-order valence-electron chi connectivity index (χ1n) is 6.16. The predicted octanol–water partition coefficient (Wildman–Crippen LogP) is 0.279. The van der Waals surface area contributed by atoms with Crippen LogP contribution in [0, 0.1) is 0 Å². The number of rotatable bonds is 3. The van der Waals surface area contributed by atoms with Crippen molar-refractivity contribution < 1.29 is 14.3 Å². The molecule has 2 rings (SSSR count). The van der Waals surface area contributed by atoms with Gasteiger partial charge in [0.15, 0.2) is 0 Å². The number of hydrogen-bond acceptors (Lipinski definition) is 4. The Labute approximate surface area is 123 Å². The number of hydrogen-bond donors (Lipinski definition) is 2. The van der Waals surface area contributed by atoms with E-state index in [2.05, 4.69) is 5.32 Å². The molecule has 7 heteroatoms. The molecule has 1 saturated heterocycles. The zero-order chi connectivity index (χ0) is 13.7. The summed E-state index contributed by atoms with van der Waals surface area (Å²) in [5.74, 6) is -0.367. The van der Waals surface area contributed by atoms with Crippen molar-refractivity contribution in [2.24, 2.45) is 0 Å². The van der Waals surface area contributed by atoms with Gasteiger partial charge in [-0.05, 0) is 24.3 Å². The Morgan fingerprint density at radius 1 is 1.20 bits per heavy atom. The van der Waals surface area contributed by atoms with Crippen LogP contribution in [0.25, 0.3) is 0 Å². The van der Waals surface area contributed by atoms with Gasteiger partial charge in [-0.1, -0.05) is 0 Å². The molecule has 0 saturated carbocycles. The lowest BCUT2D eigenvalue weighted by molar-refractivity contribution is -0.134. The molecule has 6 nitrogen and oxygen atoms in total. The number of nitrogen functional groups attached to an aromatic ring is 1. The van der Waals surface area contributed by atoms with E-state index in [9.17, 15) is 9.59 Å². The first-order chi connectivity index (χ1) is 9.16. The smallest absolute Gasteiger partial charge is 0.251 e. The largest absolute Gasteiger partial charge is 0.399 e. The van der Waals surface area contributed by atoms with E-state index in [-0.39, 0.29) is 30.8 Å². The van der Waals surface area contributed by atoms with Crippen LogP contribution in [0.15, 0.2) is 24.3 Å². The van der Waals surface area contributed by atoms with E-state index in [4.69, 9.17) is 10.5 Å². The number of anilines is 1. The van der Waals surface area contributed by atoms with E-state index in [1.54, 1.807) is 29.2 Å². The number of morpholine rings is 1. The molecule has 0 bridgehead atoms. The molecule has 0 unspecified atom stereocenters. The van der Waals surface area contributed by atoms with E-state index in [1.807, 2.05) is 0 Å². The minimum Gasteiger partial charge on any atom is -0.399 e. The van der Waals surface area contributed by atoms with Gasteiger partial charge in [0.1, 0.15) is 0 Å². The summed E-state index contributed by atoms with van der Waals surface area (Å²) in [6, 6.07) is 6.56.